The summed E-state index contributed by atoms with van der Waals surface area (Å²) in [6.45, 7) is 1.97. The van der Waals surface area contributed by atoms with E-state index in [2.05, 4.69) is 0 Å². The minimum Gasteiger partial charge on any atom is -0.206 e. The average molecular weight is 211 g/mol. The minimum absolute atomic E-state index is 0.358. The van der Waals surface area contributed by atoms with Gasteiger partial charge in [0.2, 0.25) is 0 Å². The number of benzene rings is 2. The molecule has 0 saturated carbocycles. The highest BCUT2D eigenvalue weighted by Gasteiger charge is 2.09. The zero-order valence-electron chi connectivity index (χ0n) is 8.87. The van der Waals surface area contributed by atoms with Gasteiger partial charge in [-0.05, 0) is 24.6 Å². The molecule has 0 unspecified atom stereocenters. The summed E-state index contributed by atoms with van der Waals surface area (Å²) >= 11 is 0. The van der Waals surface area contributed by atoms with Crippen LogP contribution in [0, 0.1) is 24.1 Å². The Morgan fingerprint density at radius 1 is 1.06 bits per heavy atom. The van der Waals surface area contributed by atoms with Crippen LogP contribution >= 0.6 is 0 Å². The van der Waals surface area contributed by atoms with Crippen molar-refractivity contribution in [1.29, 1.82) is 5.26 Å². The number of hydrogen-bond acceptors (Lipinski definition) is 1. The maximum absolute atomic E-state index is 13.7. The normalized spacial score (nSPS) is 9.81. The third-order valence-electron chi connectivity index (χ3n) is 2.47. The van der Waals surface area contributed by atoms with E-state index in [1.54, 1.807) is 12.1 Å². The van der Waals surface area contributed by atoms with E-state index in [4.69, 9.17) is 5.26 Å². The van der Waals surface area contributed by atoms with E-state index in [0.29, 0.717) is 11.1 Å². The molecule has 0 aliphatic rings. The lowest BCUT2D eigenvalue weighted by Crippen LogP contribution is -1.89. The summed E-state index contributed by atoms with van der Waals surface area (Å²) in [4.78, 5) is 0. The number of rotatable bonds is 1. The van der Waals surface area contributed by atoms with Crippen molar-refractivity contribution < 1.29 is 4.39 Å². The molecule has 0 atom stereocenters. The Morgan fingerprint density at radius 2 is 1.75 bits per heavy atom. The van der Waals surface area contributed by atoms with Gasteiger partial charge in [0.1, 0.15) is 5.82 Å². The molecule has 0 bridgehead atoms. The van der Waals surface area contributed by atoms with Crippen molar-refractivity contribution in [2.75, 3.05) is 0 Å². The molecule has 0 radical (unpaired) electrons. The Kier molecular flexibility index (Phi) is 2.70. The van der Waals surface area contributed by atoms with Crippen molar-refractivity contribution in [1.82, 2.24) is 0 Å². The van der Waals surface area contributed by atoms with Gasteiger partial charge < -0.3 is 0 Å². The minimum atomic E-state index is -0.358. The fraction of sp³-hybridized carbons (Fsp3) is 0.0714. The van der Waals surface area contributed by atoms with Gasteiger partial charge in [0.05, 0.1) is 11.6 Å². The van der Waals surface area contributed by atoms with E-state index < -0.39 is 0 Å². The maximum atomic E-state index is 13.7. The summed E-state index contributed by atoms with van der Waals surface area (Å²) in [5.74, 6) is -0.358. The van der Waals surface area contributed by atoms with Gasteiger partial charge >= 0.3 is 0 Å². The monoisotopic (exact) mass is 211 g/mol. The third kappa shape index (κ3) is 1.80. The second-order valence-electron chi connectivity index (χ2n) is 3.64. The first-order valence-corrected chi connectivity index (χ1v) is 4.98. The smallest absolute Gasteiger partial charge is 0.132 e. The van der Waals surface area contributed by atoms with Gasteiger partial charge in [-0.3, -0.25) is 0 Å². The van der Waals surface area contributed by atoms with Gasteiger partial charge in [-0.25, -0.2) is 4.39 Å². The van der Waals surface area contributed by atoms with Crippen molar-refractivity contribution in [2.24, 2.45) is 0 Å². The first-order chi connectivity index (χ1) is 7.72. The standard InChI is InChI=1S/C14H10FN/c1-10-5-7-11(8-6-10)14-12(9-16)3-2-4-13(14)15/h2-8H,1H3. The summed E-state index contributed by atoms with van der Waals surface area (Å²) in [6.07, 6.45) is 0. The van der Waals surface area contributed by atoms with E-state index >= 15 is 0 Å². The fourth-order valence-corrected chi connectivity index (χ4v) is 1.63. The van der Waals surface area contributed by atoms with Crippen molar-refractivity contribution in [3.63, 3.8) is 0 Å². The molecular formula is C14H10FN. The Hall–Kier alpha value is -2.14. The molecule has 0 heterocycles. The lowest BCUT2D eigenvalue weighted by atomic mass is 9.99. The highest BCUT2D eigenvalue weighted by atomic mass is 19.1. The predicted octanol–water partition coefficient (Wildman–Crippen LogP) is 3.67. The largest absolute Gasteiger partial charge is 0.206 e. The summed E-state index contributed by atoms with van der Waals surface area (Å²) in [5.41, 5.74) is 2.59. The van der Waals surface area contributed by atoms with Crippen LogP contribution in [0.1, 0.15) is 11.1 Å². The third-order valence-corrected chi connectivity index (χ3v) is 2.47. The first kappa shape index (κ1) is 10.4. The van der Waals surface area contributed by atoms with Crippen molar-refractivity contribution in [3.05, 3.63) is 59.4 Å². The van der Waals surface area contributed by atoms with Crippen LogP contribution in [0.3, 0.4) is 0 Å². The number of halogens is 1. The van der Waals surface area contributed by atoms with E-state index in [1.165, 1.54) is 6.07 Å². The molecule has 0 N–H and O–H groups in total. The molecule has 78 valence electrons. The van der Waals surface area contributed by atoms with Crippen LogP contribution in [-0.2, 0) is 0 Å². The molecular weight excluding hydrogens is 201 g/mol. The van der Waals surface area contributed by atoms with Crippen LogP contribution < -0.4 is 0 Å². The number of hydrogen-bond donors (Lipinski definition) is 0. The topological polar surface area (TPSA) is 23.8 Å². The molecule has 2 rings (SSSR count). The molecule has 2 aromatic rings. The van der Waals surface area contributed by atoms with Gasteiger partial charge in [-0.15, -0.1) is 0 Å². The van der Waals surface area contributed by atoms with E-state index in [1.807, 2.05) is 37.3 Å². The molecule has 0 aromatic heterocycles. The lowest BCUT2D eigenvalue weighted by Gasteiger charge is -2.05. The Balaban J connectivity index is 2.64. The molecule has 2 heteroatoms. The van der Waals surface area contributed by atoms with Crippen molar-refractivity contribution in [2.45, 2.75) is 6.92 Å². The average Bonchev–Trinajstić information content (AvgIpc) is 2.30. The number of nitrogens with zero attached hydrogens (tertiary/aromatic N) is 1. The molecule has 0 amide bonds. The van der Waals surface area contributed by atoms with E-state index in [0.717, 1.165) is 11.1 Å². The highest BCUT2D eigenvalue weighted by molar-refractivity contribution is 5.71. The van der Waals surface area contributed by atoms with Gasteiger partial charge in [-0.2, -0.15) is 5.26 Å². The van der Waals surface area contributed by atoms with E-state index in [-0.39, 0.29) is 5.82 Å². The van der Waals surface area contributed by atoms with Crippen LogP contribution in [0.4, 0.5) is 4.39 Å². The molecule has 1 nitrogen and oxygen atoms in total. The first-order valence-electron chi connectivity index (χ1n) is 4.98. The summed E-state index contributed by atoms with van der Waals surface area (Å²) < 4.78 is 13.7. The lowest BCUT2D eigenvalue weighted by molar-refractivity contribution is 0.631. The van der Waals surface area contributed by atoms with Gasteiger partial charge in [0, 0.05) is 5.56 Å². The predicted molar refractivity (Wildman–Crippen MR) is 61.3 cm³/mol. The number of aryl methyl sites for hydroxylation is 1. The van der Waals surface area contributed by atoms with Gasteiger partial charge in [0.25, 0.3) is 0 Å². The van der Waals surface area contributed by atoms with Gasteiger partial charge in [-0.1, -0.05) is 35.9 Å². The quantitative estimate of drug-likeness (QED) is 0.706. The maximum Gasteiger partial charge on any atom is 0.132 e. The van der Waals surface area contributed by atoms with Crippen LogP contribution in [0.2, 0.25) is 0 Å². The van der Waals surface area contributed by atoms with E-state index in [9.17, 15) is 4.39 Å². The van der Waals surface area contributed by atoms with Crippen molar-refractivity contribution >= 4 is 0 Å². The van der Waals surface area contributed by atoms with Gasteiger partial charge in [0.15, 0.2) is 0 Å². The SMILES string of the molecule is Cc1ccc(-c2c(F)cccc2C#N)cc1. The summed E-state index contributed by atoms with van der Waals surface area (Å²) in [7, 11) is 0. The second kappa shape index (κ2) is 4.16. The zero-order valence-corrected chi connectivity index (χ0v) is 8.87. The van der Waals surface area contributed by atoms with Crippen molar-refractivity contribution in [3.8, 4) is 17.2 Å². The summed E-state index contributed by atoms with van der Waals surface area (Å²) in [6, 6.07) is 14.0. The molecule has 16 heavy (non-hydrogen) atoms. The zero-order chi connectivity index (χ0) is 11.5. The van der Waals surface area contributed by atoms with Crippen LogP contribution in [0.5, 0.6) is 0 Å². The highest BCUT2D eigenvalue weighted by Crippen LogP contribution is 2.26. The fourth-order valence-electron chi connectivity index (χ4n) is 1.63. The molecule has 0 aliphatic heterocycles. The summed E-state index contributed by atoms with van der Waals surface area (Å²) in [5, 5.41) is 8.94. The second-order valence-corrected chi connectivity index (χ2v) is 3.64. The molecule has 0 aliphatic carbocycles. The number of nitriles is 1. The van der Waals surface area contributed by atoms with Crippen LogP contribution in [-0.4, -0.2) is 0 Å². The molecule has 2 aromatic carbocycles. The molecule has 0 fully saturated rings. The van der Waals surface area contributed by atoms with Crippen LogP contribution in [0.25, 0.3) is 11.1 Å². The molecule has 0 spiro atoms. The Bertz CT molecular complexity index is 550. The van der Waals surface area contributed by atoms with Crippen LogP contribution in [0.15, 0.2) is 42.5 Å². The Morgan fingerprint density at radius 3 is 2.38 bits per heavy atom. The Labute approximate surface area is 93.8 Å². The molecule has 0 saturated heterocycles.